The van der Waals surface area contributed by atoms with E-state index in [-0.39, 0.29) is 35.0 Å². The van der Waals surface area contributed by atoms with E-state index in [1.807, 2.05) is 18.3 Å². The minimum absolute atomic E-state index is 0.0206. The van der Waals surface area contributed by atoms with Gasteiger partial charge in [-0.1, -0.05) is 12.1 Å². The van der Waals surface area contributed by atoms with Crippen LogP contribution in [-0.2, 0) is 17.5 Å². The first-order valence-corrected chi connectivity index (χ1v) is 12.4. The minimum atomic E-state index is -4.63. The van der Waals surface area contributed by atoms with Crippen molar-refractivity contribution in [2.24, 2.45) is 5.92 Å². The van der Waals surface area contributed by atoms with Crippen molar-refractivity contribution in [1.29, 1.82) is 0 Å². The molecule has 1 aliphatic carbocycles. The Morgan fingerprint density at radius 2 is 2.00 bits per heavy atom. The molecule has 1 saturated carbocycles. The van der Waals surface area contributed by atoms with Crippen LogP contribution in [0.2, 0.25) is 0 Å². The molecule has 4 heterocycles. The third-order valence-corrected chi connectivity index (χ3v) is 6.48. The van der Waals surface area contributed by atoms with Gasteiger partial charge in [0.1, 0.15) is 5.52 Å². The largest absolute Gasteiger partial charge is 0.494 e. The number of carbonyl (C=O) groups excluding carboxylic acids is 1. The van der Waals surface area contributed by atoms with Gasteiger partial charge in [-0.3, -0.25) is 19.8 Å². The summed E-state index contributed by atoms with van der Waals surface area (Å²) in [6.45, 7) is 0.500. The van der Waals surface area contributed by atoms with E-state index in [1.165, 1.54) is 23.8 Å². The summed E-state index contributed by atoms with van der Waals surface area (Å²) in [5.41, 5.74) is 1.99. The molecule has 4 aromatic heterocycles. The first-order valence-electron chi connectivity index (χ1n) is 12.4. The second-order valence-electron chi connectivity index (χ2n) is 9.37. The molecule has 1 aromatic carbocycles. The lowest BCUT2D eigenvalue weighted by Gasteiger charge is -2.17. The molecule has 13 heteroatoms. The van der Waals surface area contributed by atoms with Crippen LogP contribution in [-0.4, -0.2) is 42.4 Å². The second kappa shape index (κ2) is 9.98. The predicted molar refractivity (Wildman–Crippen MR) is 140 cm³/mol. The first-order chi connectivity index (χ1) is 19.3. The highest BCUT2D eigenvalue weighted by Gasteiger charge is 2.35. The maximum Gasteiger partial charge on any atom is 0.420 e. The number of hydrogen-bond acceptors (Lipinski definition) is 7. The number of alkyl halides is 3. The molecular formula is C27H23F3N8O2. The number of pyridine rings is 1. The maximum atomic E-state index is 13.7. The summed E-state index contributed by atoms with van der Waals surface area (Å²) in [6, 6.07) is 9.28. The van der Waals surface area contributed by atoms with Gasteiger partial charge in [0.15, 0.2) is 11.6 Å². The number of rotatable bonds is 8. The van der Waals surface area contributed by atoms with Gasteiger partial charge >= 0.3 is 6.18 Å². The van der Waals surface area contributed by atoms with Crippen molar-refractivity contribution >= 4 is 28.9 Å². The summed E-state index contributed by atoms with van der Waals surface area (Å²) in [7, 11) is 1.17. The summed E-state index contributed by atoms with van der Waals surface area (Å²) >= 11 is 0. The fourth-order valence-corrected chi connectivity index (χ4v) is 4.43. The van der Waals surface area contributed by atoms with Crippen LogP contribution < -0.4 is 15.4 Å². The van der Waals surface area contributed by atoms with E-state index in [0.717, 1.165) is 30.0 Å². The molecule has 0 atom stereocenters. The smallest absolute Gasteiger partial charge is 0.420 e. The highest BCUT2D eigenvalue weighted by atomic mass is 19.4. The van der Waals surface area contributed by atoms with Crippen LogP contribution in [0.15, 0.2) is 67.4 Å². The molecule has 5 aromatic rings. The molecule has 0 unspecified atom stereocenters. The SMILES string of the molecule is COc1c(Nc2nc(NC(=O)C3CC3)nn3ccc(-c4cnn(Cc5cccnc5)c4)c23)cccc1C(F)(F)F. The molecular weight excluding hydrogens is 525 g/mol. The molecule has 1 aliphatic rings. The van der Waals surface area contributed by atoms with Crippen molar-refractivity contribution in [2.75, 3.05) is 17.7 Å². The minimum Gasteiger partial charge on any atom is -0.494 e. The fraction of sp³-hybridized carbons (Fsp3) is 0.222. The van der Waals surface area contributed by atoms with Gasteiger partial charge in [-0.05, 0) is 42.7 Å². The van der Waals surface area contributed by atoms with Gasteiger partial charge in [-0.15, -0.1) is 5.10 Å². The fourth-order valence-electron chi connectivity index (χ4n) is 4.43. The Kier molecular flexibility index (Phi) is 6.33. The molecule has 0 spiro atoms. The Balaban J connectivity index is 1.43. The van der Waals surface area contributed by atoms with Gasteiger partial charge < -0.3 is 10.1 Å². The van der Waals surface area contributed by atoms with E-state index in [2.05, 4.69) is 30.8 Å². The number of halogens is 3. The third-order valence-electron chi connectivity index (χ3n) is 6.48. The Hall–Kier alpha value is -4.94. The van der Waals surface area contributed by atoms with E-state index < -0.39 is 11.7 Å². The van der Waals surface area contributed by atoms with E-state index in [9.17, 15) is 18.0 Å². The Morgan fingerprint density at radius 1 is 1.15 bits per heavy atom. The number of nitrogens with one attached hydrogen (secondary N) is 2. The number of ether oxygens (including phenoxy) is 1. The highest BCUT2D eigenvalue weighted by molar-refractivity contribution is 5.94. The van der Waals surface area contributed by atoms with Crippen LogP contribution in [0, 0.1) is 5.92 Å². The Morgan fingerprint density at radius 3 is 2.73 bits per heavy atom. The molecule has 10 nitrogen and oxygen atoms in total. The van der Waals surface area contributed by atoms with Crippen molar-refractivity contribution in [2.45, 2.75) is 25.6 Å². The second-order valence-corrected chi connectivity index (χ2v) is 9.37. The number of para-hydroxylation sites is 1. The molecule has 0 radical (unpaired) electrons. The van der Waals surface area contributed by atoms with E-state index in [4.69, 9.17) is 4.74 Å². The van der Waals surface area contributed by atoms with Crippen molar-refractivity contribution in [1.82, 2.24) is 29.4 Å². The van der Waals surface area contributed by atoms with Gasteiger partial charge in [0.2, 0.25) is 11.9 Å². The molecule has 1 amide bonds. The predicted octanol–water partition coefficient (Wildman–Crippen LogP) is 5.16. The molecule has 0 saturated heterocycles. The monoisotopic (exact) mass is 548 g/mol. The zero-order valence-corrected chi connectivity index (χ0v) is 21.2. The van der Waals surface area contributed by atoms with E-state index >= 15 is 0 Å². The number of fused-ring (bicyclic) bond motifs is 1. The number of carbonyl (C=O) groups is 1. The van der Waals surface area contributed by atoms with Crippen molar-refractivity contribution in [3.8, 4) is 16.9 Å². The Bertz CT molecular complexity index is 1690. The molecule has 0 aliphatic heterocycles. The molecule has 1 fully saturated rings. The summed E-state index contributed by atoms with van der Waals surface area (Å²) in [6.07, 6.45) is 5.62. The van der Waals surface area contributed by atoms with Gasteiger partial charge in [-0.2, -0.15) is 23.3 Å². The van der Waals surface area contributed by atoms with Crippen molar-refractivity contribution < 1.29 is 22.7 Å². The first kappa shape index (κ1) is 25.3. The molecule has 40 heavy (non-hydrogen) atoms. The number of aromatic nitrogens is 6. The molecule has 0 bridgehead atoms. The number of benzene rings is 1. The average Bonchev–Trinajstić information content (AvgIpc) is 3.55. The van der Waals surface area contributed by atoms with Crippen LogP contribution in [0.3, 0.4) is 0 Å². The number of methoxy groups -OCH3 is 1. The summed E-state index contributed by atoms with van der Waals surface area (Å²) in [5, 5.41) is 14.6. The highest BCUT2D eigenvalue weighted by Crippen LogP contribution is 2.42. The van der Waals surface area contributed by atoms with Crippen molar-refractivity contribution in [3.63, 3.8) is 0 Å². The topological polar surface area (TPSA) is 111 Å². The lowest BCUT2D eigenvalue weighted by atomic mass is 10.1. The number of anilines is 3. The van der Waals surface area contributed by atoms with E-state index in [1.54, 1.807) is 35.5 Å². The average molecular weight is 549 g/mol. The van der Waals surface area contributed by atoms with E-state index in [0.29, 0.717) is 17.6 Å². The number of hydrogen-bond donors (Lipinski definition) is 2. The standard InChI is InChI=1S/C27H23F3N8O2/c1-40-23-20(27(28,29)30)5-2-6-21(23)33-24-22-19(18-13-32-37(15-18)14-16-4-3-10-31-12-16)9-11-38(22)36-26(34-24)35-25(39)17-7-8-17/h2-6,9-13,15,17H,7-8,14H2,1H3,(H2,33,34,35,36,39). The molecule has 2 N–H and O–H groups in total. The number of nitrogens with zero attached hydrogens (tertiary/aromatic N) is 6. The van der Waals surface area contributed by atoms with Crippen LogP contribution in [0.4, 0.5) is 30.6 Å². The zero-order chi connectivity index (χ0) is 27.9. The van der Waals surface area contributed by atoms with Crippen LogP contribution in [0.1, 0.15) is 24.0 Å². The van der Waals surface area contributed by atoms with Gasteiger partial charge in [-0.25, -0.2) is 4.52 Å². The summed E-state index contributed by atoms with van der Waals surface area (Å²) in [4.78, 5) is 21.1. The van der Waals surface area contributed by atoms with Crippen LogP contribution in [0.25, 0.3) is 16.6 Å². The quantitative estimate of drug-likeness (QED) is 0.276. The zero-order valence-electron chi connectivity index (χ0n) is 21.2. The third kappa shape index (κ3) is 5.05. The van der Waals surface area contributed by atoms with Crippen molar-refractivity contribution in [3.05, 3.63) is 78.5 Å². The van der Waals surface area contributed by atoms with Crippen LogP contribution in [0.5, 0.6) is 5.75 Å². The summed E-state index contributed by atoms with van der Waals surface area (Å²) < 4.78 is 49.5. The lowest BCUT2D eigenvalue weighted by Crippen LogP contribution is -2.17. The summed E-state index contributed by atoms with van der Waals surface area (Å²) in [5.74, 6) is -0.477. The number of amides is 1. The molecule has 6 rings (SSSR count). The van der Waals surface area contributed by atoms with Gasteiger partial charge in [0.05, 0.1) is 31.1 Å². The van der Waals surface area contributed by atoms with Crippen LogP contribution >= 0.6 is 0 Å². The maximum absolute atomic E-state index is 13.7. The molecule has 204 valence electrons. The van der Waals surface area contributed by atoms with Gasteiger partial charge in [0, 0.05) is 41.8 Å². The normalized spacial score (nSPS) is 13.4. The van der Waals surface area contributed by atoms with Gasteiger partial charge in [0.25, 0.3) is 0 Å². The Labute approximate surface area is 225 Å². The lowest BCUT2D eigenvalue weighted by molar-refractivity contribution is -0.138.